The van der Waals surface area contributed by atoms with E-state index in [1.54, 1.807) is 12.1 Å². The Labute approximate surface area is 113 Å². The lowest BCUT2D eigenvalue weighted by atomic mass is 9.80. The summed E-state index contributed by atoms with van der Waals surface area (Å²) in [6.45, 7) is 2.81. The molecule has 104 valence electrons. The van der Waals surface area contributed by atoms with Gasteiger partial charge in [-0.2, -0.15) is 0 Å². The van der Waals surface area contributed by atoms with Crippen molar-refractivity contribution in [3.8, 4) is 5.75 Å². The molecule has 2 aliphatic heterocycles. The molecule has 3 unspecified atom stereocenters. The van der Waals surface area contributed by atoms with E-state index < -0.39 is 0 Å². The van der Waals surface area contributed by atoms with Crippen LogP contribution >= 0.6 is 0 Å². The highest BCUT2D eigenvalue weighted by molar-refractivity contribution is 5.39. The molecule has 0 amide bonds. The lowest BCUT2D eigenvalue weighted by Crippen LogP contribution is -2.49. The summed E-state index contributed by atoms with van der Waals surface area (Å²) in [6, 6.07) is 4.93. The molecule has 1 N–H and O–H groups in total. The average Bonchev–Trinajstić information content (AvgIpc) is 2.38. The number of rotatable bonds is 1. The zero-order valence-electron chi connectivity index (χ0n) is 11.4. The first-order valence-electron chi connectivity index (χ1n) is 6.89. The van der Waals surface area contributed by atoms with E-state index in [9.17, 15) is 4.39 Å². The number of hydrogen-bond acceptors (Lipinski definition) is 3. The molecule has 0 bridgehead atoms. The van der Waals surface area contributed by atoms with Gasteiger partial charge in [-0.1, -0.05) is 0 Å². The summed E-state index contributed by atoms with van der Waals surface area (Å²) in [4.78, 5) is 0. The van der Waals surface area contributed by atoms with Crippen molar-refractivity contribution in [2.24, 2.45) is 0 Å². The first-order chi connectivity index (χ1) is 9.12. The highest BCUT2D eigenvalue weighted by atomic mass is 19.1. The van der Waals surface area contributed by atoms with Crippen molar-refractivity contribution in [1.82, 2.24) is 5.32 Å². The van der Waals surface area contributed by atoms with Crippen LogP contribution in [0.3, 0.4) is 0 Å². The molecule has 3 rings (SSSR count). The van der Waals surface area contributed by atoms with Gasteiger partial charge in [0, 0.05) is 30.9 Å². The van der Waals surface area contributed by atoms with E-state index in [2.05, 4.69) is 12.2 Å². The van der Waals surface area contributed by atoms with Gasteiger partial charge in [0.05, 0.1) is 12.7 Å². The Kier molecular flexibility index (Phi) is 3.23. The number of benzene rings is 1. The average molecular weight is 265 g/mol. The van der Waals surface area contributed by atoms with E-state index in [0.29, 0.717) is 0 Å². The molecule has 1 fully saturated rings. The Morgan fingerprint density at radius 3 is 2.95 bits per heavy atom. The molecule has 1 saturated heterocycles. The predicted molar refractivity (Wildman–Crippen MR) is 70.8 cm³/mol. The van der Waals surface area contributed by atoms with Gasteiger partial charge in [0.1, 0.15) is 17.2 Å². The molecular formula is C15H20FNO2. The Morgan fingerprint density at radius 1 is 1.37 bits per heavy atom. The fraction of sp³-hybridized carbons (Fsp3) is 0.600. The highest BCUT2D eigenvalue weighted by Crippen LogP contribution is 2.44. The summed E-state index contributed by atoms with van der Waals surface area (Å²) in [5.74, 6) is 0.597. The monoisotopic (exact) mass is 265 g/mol. The molecule has 0 saturated carbocycles. The second-order valence-corrected chi connectivity index (χ2v) is 5.65. The Hall–Kier alpha value is -1.13. The fourth-order valence-electron chi connectivity index (χ4n) is 3.31. The van der Waals surface area contributed by atoms with Crippen LogP contribution in [0.15, 0.2) is 18.2 Å². The summed E-state index contributed by atoms with van der Waals surface area (Å²) in [6.07, 6.45) is 2.87. The summed E-state index contributed by atoms with van der Waals surface area (Å²) in [7, 11) is 1.92. The minimum atomic E-state index is -0.209. The summed E-state index contributed by atoms with van der Waals surface area (Å²) in [5, 5.41) is 3.29. The predicted octanol–water partition coefficient (Wildman–Crippen LogP) is 2.81. The van der Waals surface area contributed by atoms with E-state index >= 15 is 0 Å². The van der Waals surface area contributed by atoms with Crippen LogP contribution in [0.1, 0.15) is 37.8 Å². The first kappa shape index (κ1) is 12.9. The summed E-state index contributed by atoms with van der Waals surface area (Å²) >= 11 is 0. The molecule has 1 spiro atoms. The molecule has 2 heterocycles. The van der Waals surface area contributed by atoms with Gasteiger partial charge in [0.2, 0.25) is 0 Å². The number of nitrogens with one attached hydrogen (secondary N) is 1. The van der Waals surface area contributed by atoms with Gasteiger partial charge in [-0.05, 0) is 32.2 Å². The number of halogens is 1. The first-order valence-corrected chi connectivity index (χ1v) is 6.89. The lowest BCUT2D eigenvalue weighted by Gasteiger charge is -2.46. The summed E-state index contributed by atoms with van der Waals surface area (Å²) < 4.78 is 25.2. The van der Waals surface area contributed by atoms with E-state index in [1.165, 1.54) is 6.07 Å². The Morgan fingerprint density at radius 2 is 2.21 bits per heavy atom. The van der Waals surface area contributed by atoms with Gasteiger partial charge < -0.3 is 14.8 Å². The van der Waals surface area contributed by atoms with E-state index in [4.69, 9.17) is 9.47 Å². The van der Waals surface area contributed by atoms with Crippen LogP contribution in [-0.4, -0.2) is 25.4 Å². The zero-order chi connectivity index (χ0) is 13.5. The van der Waals surface area contributed by atoms with Crippen LogP contribution in [0.2, 0.25) is 0 Å². The molecular weight excluding hydrogens is 245 g/mol. The second kappa shape index (κ2) is 4.76. The van der Waals surface area contributed by atoms with Crippen molar-refractivity contribution in [3.05, 3.63) is 29.6 Å². The van der Waals surface area contributed by atoms with Crippen LogP contribution in [0.4, 0.5) is 4.39 Å². The van der Waals surface area contributed by atoms with Gasteiger partial charge in [-0.3, -0.25) is 0 Å². The van der Waals surface area contributed by atoms with Crippen LogP contribution in [0.25, 0.3) is 0 Å². The highest BCUT2D eigenvalue weighted by Gasteiger charge is 2.43. The summed E-state index contributed by atoms with van der Waals surface area (Å²) in [5.41, 5.74) is 0.753. The van der Waals surface area contributed by atoms with Gasteiger partial charge in [0.15, 0.2) is 0 Å². The van der Waals surface area contributed by atoms with Crippen molar-refractivity contribution in [3.63, 3.8) is 0 Å². The molecule has 4 heteroatoms. The Balaban J connectivity index is 1.95. The third-order valence-corrected chi connectivity index (χ3v) is 4.22. The van der Waals surface area contributed by atoms with Crippen molar-refractivity contribution >= 4 is 0 Å². The SMILES string of the molecule is CNC1CC2(CCOC(C)C2)Oc2ccc(F)cc21. The maximum Gasteiger partial charge on any atom is 0.125 e. The van der Waals surface area contributed by atoms with Crippen molar-refractivity contribution in [2.75, 3.05) is 13.7 Å². The van der Waals surface area contributed by atoms with E-state index in [0.717, 1.165) is 37.2 Å². The maximum absolute atomic E-state index is 13.4. The molecule has 1 aromatic rings. The molecule has 1 aromatic carbocycles. The van der Waals surface area contributed by atoms with Gasteiger partial charge >= 0.3 is 0 Å². The normalized spacial score (nSPS) is 33.8. The lowest BCUT2D eigenvalue weighted by molar-refractivity contribution is -0.0964. The maximum atomic E-state index is 13.4. The molecule has 0 radical (unpaired) electrons. The third-order valence-electron chi connectivity index (χ3n) is 4.22. The van der Waals surface area contributed by atoms with Crippen LogP contribution in [0, 0.1) is 5.82 Å². The van der Waals surface area contributed by atoms with Crippen molar-refractivity contribution in [1.29, 1.82) is 0 Å². The van der Waals surface area contributed by atoms with Crippen LogP contribution in [-0.2, 0) is 4.74 Å². The third kappa shape index (κ3) is 2.35. The second-order valence-electron chi connectivity index (χ2n) is 5.65. The van der Waals surface area contributed by atoms with Crippen molar-refractivity contribution < 1.29 is 13.9 Å². The fourth-order valence-corrected chi connectivity index (χ4v) is 3.31. The standard InChI is InChI=1S/C15H20FNO2/c1-10-8-15(5-6-18-10)9-13(17-2)12-7-11(16)3-4-14(12)19-15/h3-4,7,10,13,17H,5-6,8-9H2,1-2H3. The van der Waals surface area contributed by atoms with Crippen LogP contribution < -0.4 is 10.1 Å². The molecule has 3 nitrogen and oxygen atoms in total. The largest absolute Gasteiger partial charge is 0.487 e. The quantitative estimate of drug-likeness (QED) is 0.847. The zero-order valence-corrected chi connectivity index (χ0v) is 11.4. The minimum Gasteiger partial charge on any atom is -0.487 e. The smallest absolute Gasteiger partial charge is 0.125 e. The van der Waals surface area contributed by atoms with Gasteiger partial charge in [-0.15, -0.1) is 0 Å². The van der Waals surface area contributed by atoms with E-state index in [1.807, 2.05) is 7.05 Å². The van der Waals surface area contributed by atoms with Gasteiger partial charge in [0.25, 0.3) is 0 Å². The van der Waals surface area contributed by atoms with Gasteiger partial charge in [-0.25, -0.2) is 4.39 Å². The molecule has 3 atom stereocenters. The van der Waals surface area contributed by atoms with Crippen molar-refractivity contribution in [2.45, 2.75) is 43.9 Å². The molecule has 0 aliphatic carbocycles. The number of ether oxygens (including phenoxy) is 2. The van der Waals surface area contributed by atoms with E-state index in [-0.39, 0.29) is 23.6 Å². The minimum absolute atomic E-state index is 0.143. The molecule has 0 aromatic heterocycles. The number of fused-ring (bicyclic) bond motifs is 1. The number of hydrogen-bond donors (Lipinski definition) is 1. The topological polar surface area (TPSA) is 30.5 Å². The Bertz CT molecular complexity index is 479. The molecule has 19 heavy (non-hydrogen) atoms. The molecule has 2 aliphatic rings. The van der Waals surface area contributed by atoms with Crippen LogP contribution in [0.5, 0.6) is 5.75 Å².